The largest absolute Gasteiger partial charge is 0.497 e. The molecule has 156 valence electrons. The Morgan fingerprint density at radius 3 is 2.90 bits per heavy atom. The topological polar surface area (TPSA) is 80.5 Å². The standard InChI is InChI=1S/C23H26N4O3/c1-29-20-7-4-5-17(13-20)14-27(19-8-9-19)15-22-26-21(16-30-22)23(28)25-12-10-18-6-2-3-11-24-18/h2-7,11,13,16,19H,8-10,12,14-15H2,1H3,(H,25,28). The van der Waals surface area contributed by atoms with Crippen LogP contribution in [-0.4, -0.2) is 40.5 Å². The van der Waals surface area contributed by atoms with Gasteiger partial charge in [0.1, 0.15) is 12.0 Å². The number of benzene rings is 1. The fourth-order valence-electron chi connectivity index (χ4n) is 3.36. The second-order valence-electron chi connectivity index (χ2n) is 7.44. The molecular formula is C23H26N4O3. The number of methoxy groups -OCH3 is 1. The lowest BCUT2D eigenvalue weighted by atomic mass is 10.2. The number of carbonyl (C=O) groups is 1. The first kappa shape index (κ1) is 20.1. The number of ether oxygens (including phenoxy) is 1. The monoisotopic (exact) mass is 406 g/mol. The highest BCUT2D eigenvalue weighted by molar-refractivity contribution is 5.91. The number of oxazole rings is 1. The average Bonchev–Trinajstić information content (AvgIpc) is 3.52. The van der Waals surface area contributed by atoms with Crippen LogP contribution in [0.15, 0.2) is 59.3 Å². The molecule has 1 N–H and O–H groups in total. The molecule has 0 radical (unpaired) electrons. The number of pyridine rings is 1. The fourth-order valence-corrected chi connectivity index (χ4v) is 3.36. The summed E-state index contributed by atoms with van der Waals surface area (Å²) in [6, 6.07) is 14.4. The number of hydrogen-bond donors (Lipinski definition) is 1. The van der Waals surface area contributed by atoms with Crippen molar-refractivity contribution in [1.82, 2.24) is 20.2 Å². The first-order chi connectivity index (χ1) is 14.7. The summed E-state index contributed by atoms with van der Waals surface area (Å²) in [4.78, 5) is 23.4. The molecular weight excluding hydrogens is 380 g/mol. The number of aromatic nitrogens is 2. The van der Waals surface area contributed by atoms with E-state index in [4.69, 9.17) is 9.15 Å². The van der Waals surface area contributed by atoms with Gasteiger partial charge in [0.05, 0.1) is 13.7 Å². The van der Waals surface area contributed by atoms with Crippen LogP contribution in [0, 0.1) is 0 Å². The quantitative estimate of drug-likeness (QED) is 0.557. The van der Waals surface area contributed by atoms with Crippen molar-refractivity contribution in [3.8, 4) is 5.75 Å². The average molecular weight is 406 g/mol. The fraction of sp³-hybridized carbons (Fsp3) is 0.348. The van der Waals surface area contributed by atoms with Gasteiger partial charge in [-0.3, -0.25) is 14.7 Å². The molecule has 0 saturated heterocycles. The smallest absolute Gasteiger partial charge is 0.273 e. The molecule has 1 aromatic carbocycles. The summed E-state index contributed by atoms with van der Waals surface area (Å²) in [6.45, 7) is 1.86. The summed E-state index contributed by atoms with van der Waals surface area (Å²) >= 11 is 0. The third kappa shape index (κ3) is 5.45. The molecule has 0 aliphatic heterocycles. The van der Waals surface area contributed by atoms with Gasteiger partial charge in [0, 0.05) is 37.4 Å². The van der Waals surface area contributed by atoms with Gasteiger partial charge in [-0.25, -0.2) is 4.98 Å². The molecule has 3 aromatic rings. The van der Waals surface area contributed by atoms with Gasteiger partial charge < -0.3 is 14.5 Å². The van der Waals surface area contributed by atoms with Crippen LogP contribution in [0.4, 0.5) is 0 Å². The minimum Gasteiger partial charge on any atom is -0.497 e. The van der Waals surface area contributed by atoms with E-state index < -0.39 is 0 Å². The Hall–Kier alpha value is -3.19. The van der Waals surface area contributed by atoms with E-state index in [1.807, 2.05) is 36.4 Å². The zero-order valence-corrected chi connectivity index (χ0v) is 17.1. The molecule has 1 aliphatic rings. The van der Waals surface area contributed by atoms with Crippen molar-refractivity contribution in [3.05, 3.63) is 77.8 Å². The molecule has 4 rings (SSSR count). The predicted octanol–water partition coefficient (Wildman–Crippen LogP) is 3.22. The van der Waals surface area contributed by atoms with Crippen molar-refractivity contribution in [3.63, 3.8) is 0 Å². The maximum atomic E-state index is 12.4. The van der Waals surface area contributed by atoms with E-state index in [0.29, 0.717) is 37.1 Å². The maximum absolute atomic E-state index is 12.4. The van der Waals surface area contributed by atoms with E-state index in [1.54, 1.807) is 13.3 Å². The van der Waals surface area contributed by atoms with Gasteiger partial charge in [-0.2, -0.15) is 0 Å². The van der Waals surface area contributed by atoms with Gasteiger partial charge in [0.25, 0.3) is 5.91 Å². The van der Waals surface area contributed by atoms with Crippen molar-refractivity contribution in [1.29, 1.82) is 0 Å². The van der Waals surface area contributed by atoms with E-state index in [2.05, 4.69) is 26.3 Å². The number of nitrogens with one attached hydrogen (secondary N) is 1. The first-order valence-electron chi connectivity index (χ1n) is 10.2. The lowest BCUT2D eigenvalue weighted by molar-refractivity contribution is 0.0949. The highest BCUT2D eigenvalue weighted by Gasteiger charge is 2.30. The van der Waals surface area contributed by atoms with Crippen molar-refractivity contribution >= 4 is 5.91 Å². The number of carbonyl (C=O) groups excluding carboxylic acids is 1. The van der Waals surface area contributed by atoms with Crippen molar-refractivity contribution in [2.24, 2.45) is 0 Å². The molecule has 0 unspecified atom stereocenters. The Morgan fingerprint density at radius 1 is 1.23 bits per heavy atom. The zero-order chi connectivity index (χ0) is 20.8. The van der Waals surface area contributed by atoms with Crippen LogP contribution in [-0.2, 0) is 19.5 Å². The third-order valence-corrected chi connectivity index (χ3v) is 5.10. The summed E-state index contributed by atoms with van der Waals surface area (Å²) in [6.07, 6.45) is 6.20. The van der Waals surface area contributed by atoms with Gasteiger partial charge >= 0.3 is 0 Å². The molecule has 7 heteroatoms. The molecule has 0 spiro atoms. The predicted molar refractivity (Wildman–Crippen MR) is 112 cm³/mol. The molecule has 7 nitrogen and oxygen atoms in total. The first-order valence-corrected chi connectivity index (χ1v) is 10.2. The van der Waals surface area contributed by atoms with Crippen LogP contribution in [0.3, 0.4) is 0 Å². The third-order valence-electron chi connectivity index (χ3n) is 5.10. The van der Waals surface area contributed by atoms with Crippen LogP contribution < -0.4 is 10.1 Å². The zero-order valence-electron chi connectivity index (χ0n) is 17.1. The van der Waals surface area contributed by atoms with Gasteiger partial charge in [-0.15, -0.1) is 0 Å². The van der Waals surface area contributed by atoms with E-state index >= 15 is 0 Å². The molecule has 1 fully saturated rings. The molecule has 0 bridgehead atoms. The Balaban J connectivity index is 1.32. The van der Waals surface area contributed by atoms with Crippen LogP contribution >= 0.6 is 0 Å². The summed E-state index contributed by atoms with van der Waals surface area (Å²) < 4.78 is 10.9. The summed E-state index contributed by atoms with van der Waals surface area (Å²) in [5, 5.41) is 2.87. The molecule has 1 aliphatic carbocycles. The Kier molecular flexibility index (Phi) is 6.39. The number of amides is 1. The molecule has 1 saturated carbocycles. The minimum absolute atomic E-state index is 0.230. The van der Waals surface area contributed by atoms with Gasteiger partial charge in [-0.1, -0.05) is 18.2 Å². The second-order valence-corrected chi connectivity index (χ2v) is 7.44. The minimum atomic E-state index is -0.230. The van der Waals surface area contributed by atoms with E-state index in [0.717, 1.165) is 18.0 Å². The van der Waals surface area contributed by atoms with Gasteiger partial charge in [-0.05, 0) is 42.7 Å². The van der Waals surface area contributed by atoms with Crippen molar-refractivity contribution < 1.29 is 13.9 Å². The van der Waals surface area contributed by atoms with Crippen LogP contribution in [0.25, 0.3) is 0 Å². The molecule has 2 heterocycles. The van der Waals surface area contributed by atoms with Crippen LogP contribution in [0.5, 0.6) is 5.75 Å². The van der Waals surface area contributed by atoms with E-state index in [1.165, 1.54) is 24.7 Å². The molecule has 30 heavy (non-hydrogen) atoms. The van der Waals surface area contributed by atoms with E-state index in [9.17, 15) is 4.79 Å². The SMILES string of the molecule is COc1cccc(CN(Cc2nc(C(=O)NCCc3ccccn3)co2)C2CC2)c1. The lowest BCUT2D eigenvalue weighted by Crippen LogP contribution is -2.27. The number of hydrogen-bond acceptors (Lipinski definition) is 6. The number of rotatable bonds is 10. The maximum Gasteiger partial charge on any atom is 0.273 e. The van der Waals surface area contributed by atoms with Gasteiger partial charge in [0.2, 0.25) is 5.89 Å². The Bertz CT molecular complexity index is 969. The van der Waals surface area contributed by atoms with Crippen molar-refractivity contribution in [2.45, 2.75) is 38.4 Å². The normalized spacial score (nSPS) is 13.4. The second kappa shape index (κ2) is 9.54. The summed E-state index contributed by atoms with van der Waals surface area (Å²) in [5.74, 6) is 1.18. The van der Waals surface area contributed by atoms with Gasteiger partial charge in [0.15, 0.2) is 5.69 Å². The van der Waals surface area contributed by atoms with Crippen molar-refractivity contribution in [2.75, 3.05) is 13.7 Å². The Morgan fingerprint density at radius 2 is 2.13 bits per heavy atom. The number of nitrogens with zero attached hydrogens (tertiary/aromatic N) is 3. The summed E-state index contributed by atoms with van der Waals surface area (Å²) in [7, 11) is 1.67. The molecule has 0 atom stereocenters. The highest BCUT2D eigenvalue weighted by Crippen LogP contribution is 2.30. The lowest BCUT2D eigenvalue weighted by Gasteiger charge is -2.20. The molecule has 1 amide bonds. The van der Waals surface area contributed by atoms with Crippen LogP contribution in [0.1, 0.15) is 40.5 Å². The molecule has 2 aromatic heterocycles. The van der Waals surface area contributed by atoms with Crippen LogP contribution in [0.2, 0.25) is 0 Å². The Labute approximate surface area is 176 Å². The van der Waals surface area contributed by atoms with E-state index in [-0.39, 0.29) is 5.91 Å². The summed E-state index contributed by atoms with van der Waals surface area (Å²) in [5.41, 5.74) is 2.43. The highest BCUT2D eigenvalue weighted by atomic mass is 16.5.